The predicted octanol–water partition coefficient (Wildman–Crippen LogP) is 5.01. The Morgan fingerprint density at radius 2 is 1.43 bits per heavy atom. The number of hydrogen-bond acceptors (Lipinski definition) is 4. The van der Waals surface area contributed by atoms with Crippen LogP contribution < -0.4 is 0 Å². The lowest BCUT2D eigenvalue weighted by atomic mass is 10.00. The van der Waals surface area contributed by atoms with Crippen molar-refractivity contribution in [3.05, 3.63) is 0 Å². The number of thiocarbonyl (C=S) groups is 1. The van der Waals surface area contributed by atoms with Crippen LogP contribution >= 0.6 is 12.2 Å². The molecule has 0 aromatic heterocycles. The predicted molar refractivity (Wildman–Crippen MR) is 96.0 cm³/mol. The van der Waals surface area contributed by atoms with E-state index in [9.17, 15) is 0 Å². The van der Waals surface area contributed by atoms with Crippen LogP contribution in [0.2, 0.25) is 6.04 Å². The van der Waals surface area contributed by atoms with Crippen molar-refractivity contribution in [1.82, 2.24) is 0 Å². The molecule has 0 heterocycles. The summed E-state index contributed by atoms with van der Waals surface area (Å²) < 4.78 is 17.9. The van der Waals surface area contributed by atoms with Crippen LogP contribution in [0.25, 0.3) is 0 Å². The van der Waals surface area contributed by atoms with E-state index in [1.807, 2.05) is 27.7 Å². The minimum Gasteiger partial charge on any atom is -0.374 e. The second-order valence-corrected chi connectivity index (χ2v) is 8.63. The Balaban J connectivity index is 4.72. The molecule has 126 valence electrons. The molecule has 0 bridgehead atoms. The maximum atomic E-state index is 5.95. The van der Waals surface area contributed by atoms with Crippen molar-refractivity contribution in [3.8, 4) is 0 Å². The number of hydrogen-bond donors (Lipinski definition) is 0. The zero-order chi connectivity index (χ0) is 16.1. The van der Waals surface area contributed by atoms with Crippen LogP contribution in [0.1, 0.15) is 66.7 Å². The van der Waals surface area contributed by atoms with Gasteiger partial charge in [-0.2, -0.15) is 0 Å². The smallest absolute Gasteiger partial charge is 0.374 e. The fraction of sp³-hybridized carbons (Fsp3) is 0.938. The molecule has 5 heteroatoms. The monoisotopic (exact) mass is 334 g/mol. The lowest BCUT2D eigenvalue weighted by Crippen LogP contribution is -2.48. The molecule has 0 aliphatic heterocycles. The Bertz CT molecular complexity index is 257. The van der Waals surface area contributed by atoms with Gasteiger partial charge in [0.2, 0.25) is 0 Å². The molecule has 0 saturated heterocycles. The van der Waals surface area contributed by atoms with Crippen LogP contribution in [0, 0.1) is 5.92 Å². The zero-order valence-electron chi connectivity index (χ0n) is 14.6. The van der Waals surface area contributed by atoms with Crippen molar-refractivity contribution < 1.29 is 13.3 Å². The van der Waals surface area contributed by atoms with Crippen molar-refractivity contribution in [1.29, 1.82) is 0 Å². The second kappa shape index (κ2) is 12.7. The summed E-state index contributed by atoms with van der Waals surface area (Å²) in [5.74, 6) is 0.369. The summed E-state index contributed by atoms with van der Waals surface area (Å²) in [6, 6.07) is 0.823. The van der Waals surface area contributed by atoms with Gasteiger partial charge >= 0.3 is 8.80 Å². The fourth-order valence-corrected chi connectivity index (χ4v) is 5.92. The zero-order valence-corrected chi connectivity index (χ0v) is 16.4. The van der Waals surface area contributed by atoms with Gasteiger partial charge in [-0.1, -0.05) is 44.8 Å². The van der Waals surface area contributed by atoms with E-state index >= 15 is 0 Å². The van der Waals surface area contributed by atoms with Gasteiger partial charge in [0, 0.05) is 25.9 Å². The maximum Gasteiger partial charge on any atom is 0.501 e. The Kier molecular flexibility index (Phi) is 12.8. The highest BCUT2D eigenvalue weighted by Gasteiger charge is 2.43. The maximum absolute atomic E-state index is 5.95. The van der Waals surface area contributed by atoms with Crippen LogP contribution in [-0.4, -0.2) is 33.5 Å². The van der Waals surface area contributed by atoms with Crippen molar-refractivity contribution in [3.63, 3.8) is 0 Å². The van der Waals surface area contributed by atoms with Crippen LogP contribution in [0.15, 0.2) is 0 Å². The van der Waals surface area contributed by atoms with Gasteiger partial charge in [0.25, 0.3) is 0 Å². The van der Waals surface area contributed by atoms with E-state index in [2.05, 4.69) is 6.92 Å². The summed E-state index contributed by atoms with van der Waals surface area (Å²) in [5, 5.41) is 0. The van der Waals surface area contributed by atoms with Gasteiger partial charge < -0.3 is 13.3 Å². The molecule has 21 heavy (non-hydrogen) atoms. The molecule has 0 saturated carbocycles. The van der Waals surface area contributed by atoms with Gasteiger partial charge in [0.1, 0.15) is 0 Å². The molecule has 1 atom stereocenters. The average molecular weight is 335 g/mol. The Morgan fingerprint density at radius 3 is 1.81 bits per heavy atom. The quantitative estimate of drug-likeness (QED) is 0.253. The summed E-state index contributed by atoms with van der Waals surface area (Å²) in [4.78, 5) is 1.06. The number of unbranched alkanes of at least 4 members (excludes halogenated alkanes) is 3. The van der Waals surface area contributed by atoms with Crippen LogP contribution in [-0.2, 0) is 13.3 Å². The molecule has 0 aliphatic rings. The van der Waals surface area contributed by atoms with Gasteiger partial charge in [0.05, 0.1) is 0 Å². The molecule has 0 N–H and O–H groups in total. The van der Waals surface area contributed by atoms with Gasteiger partial charge in [0.15, 0.2) is 0 Å². The molecule has 0 radical (unpaired) electrons. The highest BCUT2D eigenvalue weighted by molar-refractivity contribution is 7.80. The van der Waals surface area contributed by atoms with E-state index in [-0.39, 0.29) is 0 Å². The first kappa shape index (κ1) is 21.2. The van der Waals surface area contributed by atoms with Crippen molar-refractivity contribution >= 4 is 25.9 Å². The molecule has 0 aromatic carbocycles. The molecule has 0 fully saturated rings. The minimum atomic E-state index is -2.58. The third-order valence-electron chi connectivity index (χ3n) is 3.57. The van der Waals surface area contributed by atoms with E-state index in [0.717, 1.165) is 17.3 Å². The third-order valence-corrected chi connectivity index (χ3v) is 7.08. The van der Waals surface area contributed by atoms with E-state index in [4.69, 9.17) is 25.5 Å². The molecule has 0 spiro atoms. The van der Waals surface area contributed by atoms with Crippen molar-refractivity contribution in [2.45, 2.75) is 72.8 Å². The lowest BCUT2D eigenvalue weighted by molar-refractivity contribution is 0.0688. The molecule has 0 rings (SSSR count). The van der Waals surface area contributed by atoms with E-state index in [1.54, 1.807) is 0 Å². The Hall–Kier alpha value is 0.187. The summed E-state index contributed by atoms with van der Waals surface area (Å²) in [6.07, 6.45) is 6.19. The van der Waals surface area contributed by atoms with E-state index in [0.29, 0.717) is 25.7 Å². The van der Waals surface area contributed by atoms with Gasteiger partial charge in [-0.25, -0.2) is 0 Å². The second-order valence-electron chi connectivity index (χ2n) is 5.34. The molecule has 0 aromatic rings. The van der Waals surface area contributed by atoms with Crippen molar-refractivity contribution in [2.75, 3.05) is 19.8 Å². The number of rotatable bonds is 14. The Morgan fingerprint density at radius 1 is 0.905 bits per heavy atom. The molecule has 0 amide bonds. The summed E-state index contributed by atoms with van der Waals surface area (Å²) in [5.41, 5.74) is 0. The topological polar surface area (TPSA) is 27.7 Å². The highest BCUT2D eigenvalue weighted by Crippen LogP contribution is 2.27. The molecule has 0 aliphatic carbocycles. The third kappa shape index (κ3) is 9.03. The SMILES string of the molecule is CCCCCCC(C[Si](OCC)(OCC)OCC)C(C)=S. The first-order valence-electron chi connectivity index (χ1n) is 8.47. The summed E-state index contributed by atoms with van der Waals surface area (Å²) in [6.45, 7) is 12.2. The highest BCUT2D eigenvalue weighted by atomic mass is 32.1. The van der Waals surface area contributed by atoms with Gasteiger partial charge in [-0.3, -0.25) is 0 Å². The van der Waals surface area contributed by atoms with E-state index in [1.165, 1.54) is 25.7 Å². The molecule has 3 nitrogen and oxygen atoms in total. The molecular weight excluding hydrogens is 300 g/mol. The molecule has 1 unspecified atom stereocenters. The fourth-order valence-electron chi connectivity index (χ4n) is 2.53. The van der Waals surface area contributed by atoms with Crippen LogP contribution in [0.3, 0.4) is 0 Å². The first-order chi connectivity index (χ1) is 10.0. The van der Waals surface area contributed by atoms with Crippen molar-refractivity contribution in [2.24, 2.45) is 5.92 Å². The first-order valence-corrected chi connectivity index (χ1v) is 10.8. The minimum absolute atomic E-state index is 0.369. The average Bonchev–Trinajstić information content (AvgIpc) is 2.43. The lowest BCUT2D eigenvalue weighted by Gasteiger charge is -2.31. The van der Waals surface area contributed by atoms with E-state index < -0.39 is 8.80 Å². The summed E-state index contributed by atoms with van der Waals surface area (Å²) >= 11 is 5.47. The van der Waals surface area contributed by atoms with Gasteiger partial charge in [-0.15, -0.1) is 0 Å². The van der Waals surface area contributed by atoms with Crippen LogP contribution in [0.4, 0.5) is 0 Å². The summed E-state index contributed by atoms with van der Waals surface area (Å²) in [7, 11) is -2.58. The standard InChI is InChI=1S/C16H34O3SSi/c1-6-10-11-12-13-16(15(5)20)14-21(17-7-2,18-8-3)19-9-4/h16H,6-14H2,1-5H3. The largest absolute Gasteiger partial charge is 0.501 e. The molecular formula is C16H34O3SSi. The normalized spacial score (nSPS) is 13.4. The van der Waals surface area contributed by atoms with Gasteiger partial charge in [-0.05, 0) is 44.9 Å². The van der Waals surface area contributed by atoms with Crippen LogP contribution in [0.5, 0.6) is 0 Å². The Labute approximate surface area is 138 Å².